The van der Waals surface area contributed by atoms with E-state index in [-0.39, 0.29) is 30.4 Å². The van der Waals surface area contributed by atoms with Crippen LogP contribution in [-0.4, -0.2) is 34.7 Å². The third-order valence-corrected chi connectivity index (χ3v) is 6.19. The van der Waals surface area contributed by atoms with E-state index in [4.69, 9.17) is 16.0 Å². The predicted molar refractivity (Wildman–Crippen MR) is 105 cm³/mol. The number of piperidine rings is 1. The molecule has 1 amide bonds. The van der Waals surface area contributed by atoms with Crippen LogP contribution >= 0.6 is 22.9 Å². The number of Topliss-reactive ketones (excluding diaryl/α,β-unsaturated/α-hetero) is 1. The zero-order valence-electron chi connectivity index (χ0n) is 14.7. The molecule has 2 aromatic heterocycles. The fraction of sp³-hybridized carbons (Fsp3) is 0.350. The van der Waals surface area contributed by atoms with Gasteiger partial charge in [-0.3, -0.25) is 9.59 Å². The molecule has 1 aliphatic rings. The lowest BCUT2D eigenvalue weighted by Gasteiger charge is -2.30. The zero-order valence-corrected chi connectivity index (χ0v) is 16.3. The summed E-state index contributed by atoms with van der Waals surface area (Å²) in [5.41, 5.74) is 1.68. The number of hydrogen-bond acceptors (Lipinski definition) is 5. The second-order valence-corrected chi connectivity index (χ2v) is 8.42. The highest BCUT2D eigenvalue weighted by Crippen LogP contribution is 2.30. The molecule has 0 unspecified atom stereocenters. The summed E-state index contributed by atoms with van der Waals surface area (Å²) >= 11 is 7.11. The van der Waals surface area contributed by atoms with E-state index in [2.05, 4.69) is 4.98 Å². The van der Waals surface area contributed by atoms with Gasteiger partial charge in [0.15, 0.2) is 17.3 Å². The van der Waals surface area contributed by atoms with E-state index in [1.54, 1.807) is 12.1 Å². The molecule has 140 valence electrons. The Morgan fingerprint density at radius 3 is 2.63 bits per heavy atom. The topological polar surface area (TPSA) is 63.4 Å². The number of aromatic nitrogens is 1. The Morgan fingerprint density at radius 1 is 1.15 bits per heavy atom. The van der Waals surface area contributed by atoms with Crippen LogP contribution in [0.5, 0.6) is 0 Å². The van der Waals surface area contributed by atoms with Crippen LogP contribution in [-0.2, 0) is 4.79 Å². The van der Waals surface area contributed by atoms with E-state index >= 15 is 0 Å². The molecule has 0 bridgehead atoms. The van der Waals surface area contributed by atoms with Crippen LogP contribution in [0.4, 0.5) is 0 Å². The van der Waals surface area contributed by atoms with Crippen molar-refractivity contribution >= 4 is 45.7 Å². The molecule has 3 heterocycles. The molecular weight excluding hydrogens is 384 g/mol. The Balaban J connectivity index is 1.29. The number of halogens is 1. The first-order valence-electron chi connectivity index (χ1n) is 9.02. The van der Waals surface area contributed by atoms with Crippen molar-refractivity contribution in [1.29, 1.82) is 0 Å². The SMILES string of the molecule is O=C(CCC(=O)N1CCC(c2nc3ccccc3o2)CC1)c1ccc(Cl)s1. The fourth-order valence-corrected chi connectivity index (χ4v) is 4.42. The highest BCUT2D eigenvalue weighted by Gasteiger charge is 2.27. The number of ketones is 1. The van der Waals surface area contributed by atoms with Gasteiger partial charge in [0.1, 0.15) is 5.52 Å². The highest BCUT2D eigenvalue weighted by atomic mass is 35.5. The van der Waals surface area contributed by atoms with E-state index in [1.807, 2.05) is 29.2 Å². The Bertz CT molecular complexity index is 939. The molecule has 1 aliphatic heterocycles. The maximum atomic E-state index is 12.4. The molecule has 27 heavy (non-hydrogen) atoms. The maximum Gasteiger partial charge on any atom is 0.223 e. The largest absolute Gasteiger partial charge is 0.440 e. The summed E-state index contributed by atoms with van der Waals surface area (Å²) in [5.74, 6) is 0.994. The van der Waals surface area contributed by atoms with Crippen molar-refractivity contribution in [1.82, 2.24) is 9.88 Å². The minimum Gasteiger partial charge on any atom is -0.440 e. The molecule has 0 spiro atoms. The summed E-state index contributed by atoms with van der Waals surface area (Å²) in [6, 6.07) is 11.2. The van der Waals surface area contributed by atoms with Crippen molar-refractivity contribution in [2.75, 3.05) is 13.1 Å². The molecule has 0 atom stereocenters. The number of carbonyl (C=O) groups excluding carboxylic acids is 2. The number of para-hydroxylation sites is 2. The molecule has 4 rings (SSSR count). The minimum atomic E-state index is -0.0263. The van der Waals surface area contributed by atoms with Crippen molar-refractivity contribution in [2.45, 2.75) is 31.6 Å². The van der Waals surface area contributed by atoms with Gasteiger partial charge in [0, 0.05) is 31.8 Å². The van der Waals surface area contributed by atoms with E-state index in [0.29, 0.717) is 22.3 Å². The molecule has 7 heteroatoms. The number of oxazole rings is 1. The van der Waals surface area contributed by atoms with Crippen molar-refractivity contribution in [3.8, 4) is 0 Å². The van der Waals surface area contributed by atoms with Gasteiger partial charge in [0.25, 0.3) is 0 Å². The van der Waals surface area contributed by atoms with Crippen molar-refractivity contribution in [3.05, 3.63) is 51.5 Å². The molecule has 0 saturated carbocycles. The van der Waals surface area contributed by atoms with Gasteiger partial charge >= 0.3 is 0 Å². The van der Waals surface area contributed by atoms with Gasteiger partial charge in [-0.25, -0.2) is 4.98 Å². The number of hydrogen-bond donors (Lipinski definition) is 0. The Labute approximate surface area is 165 Å². The molecule has 0 aliphatic carbocycles. The van der Waals surface area contributed by atoms with Gasteiger partial charge in [-0.1, -0.05) is 23.7 Å². The average molecular weight is 403 g/mol. The maximum absolute atomic E-state index is 12.4. The summed E-state index contributed by atoms with van der Waals surface area (Å²) in [6.07, 6.45) is 2.11. The Morgan fingerprint density at radius 2 is 1.93 bits per heavy atom. The first-order chi connectivity index (χ1) is 13.1. The molecule has 1 saturated heterocycles. The lowest BCUT2D eigenvalue weighted by Crippen LogP contribution is -2.38. The number of thiophene rings is 1. The number of benzene rings is 1. The molecule has 3 aromatic rings. The lowest BCUT2D eigenvalue weighted by atomic mass is 9.96. The number of amides is 1. The van der Waals surface area contributed by atoms with Gasteiger partial charge in [-0.2, -0.15) is 0 Å². The third kappa shape index (κ3) is 4.06. The first kappa shape index (κ1) is 18.2. The smallest absolute Gasteiger partial charge is 0.223 e. The van der Waals surface area contributed by atoms with Crippen LogP contribution in [0.1, 0.15) is 47.2 Å². The second kappa shape index (κ2) is 7.82. The summed E-state index contributed by atoms with van der Waals surface area (Å²) in [6.45, 7) is 1.34. The van der Waals surface area contributed by atoms with Gasteiger partial charge < -0.3 is 9.32 Å². The minimum absolute atomic E-state index is 0.0263. The van der Waals surface area contributed by atoms with Crippen molar-refractivity contribution in [2.24, 2.45) is 0 Å². The Kier molecular flexibility index (Phi) is 5.27. The summed E-state index contributed by atoms with van der Waals surface area (Å²) in [7, 11) is 0. The van der Waals surface area contributed by atoms with Crippen molar-refractivity contribution < 1.29 is 14.0 Å². The normalized spacial score (nSPS) is 15.4. The molecular formula is C20H19ClN2O3S. The van der Waals surface area contributed by atoms with Gasteiger partial charge in [-0.05, 0) is 37.1 Å². The molecule has 1 aromatic carbocycles. The molecule has 5 nitrogen and oxygen atoms in total. The molecule has 0 radical (unpaired) electrons. The number of carbonyl (C=O) groups is 2. The number of fused-ring (bicyclic) bond motifs is 1. The number of nitrogens with zero attached hydrogens (tertiary/aromatic N) is 2. The van der Waals surface area contributed by atoms with E-state index < -0.39 is 0 Å². The van der Waals surface area contributed by atoms with Crippen molar-refractivity contribution in [3.63, 3.8) is 0 Å². The van der Waals surface area contributed by atoms with E-state index in [0.717, 1.165) is 29.8 Å². The van der Waals surface area contributed by atoms with E-state index in [9.17, 15) is 9.59 Å². The van der Waals surface area contributed by atoms with E-state index in [1.165, 1.54) is 11.3 Å². The lowest BCUT2D eigenvalue weighted by molar-refractivity contribution is -0.132. The molecule has 0 N–H and O–H groups in total. The van der Waals surface area contributed by atoms with Gasteiger partial charge in [0.2, 0.25) is 5.91 Å². The van der Waals surface area contributed by atoms with Crippen LogP contribution in [0.3, 0.4) is 0 Å². The highest BCUT2D eigenvalue weighted by molar-refractivity contribution is 7.18. The summed E-state index contributed by atoms with van der Waals surface area (Å²) < 4.78 is 6.45. The number of rotatable bonds is 5. The number of likely N-dealkylation sites (tertiary alicyclic amines) is 1. The monoisotopic (exact) mass is 402 g/mol. The second-order valence-electron chi connectivity index (χ2n) is 6.70. The summed E-state index contributed by atoms with van der Waals surface area (Å²) in [5, 5.41) is 0. The first-order valence-corrected chi connectivity index (χ1v) is 10.2. The average Bonchev–Trinajstić information content (AvgIpc) is 3.32. The third-order valence-electron chi connectivity index (χ3n) is 4.92. The van der Waals surface area contributed by atoms with Crippen LogP contribution in [0, 0.1) is 0 Å². The zero-order chi connectivity index (χ0) is 18.8. The summed E-state index contributed by atoms with van der Waals surface area (Å²) in [4.78, 5) is 31.6. The van der Waals surface area contributed by atoms with Crippen LogP contribution in [0.2, 0.25) is 4.34 Å². The van der Waals surface area contributed by atoms with Gasteiger partial charge in [0.05, 0.1) is 9.21 Å². The quantitative estimate of drug-likeness (QED) is 0.568. The molecule has 1 fully saturated rings. The Hall–Kier alpha value is -2.18. The fourth-order valence-electron chi connectivity index (χ4n) is 3.41. The van der Waals surface area contributed by atoms with Gasteiger partial charge in [-0.15, -0.1) is 11.3 Å². The predicted octanol–water partition coefficient (Wildman–Crippen LogP) is 4.91. The van der Waals surface area contributed by atoms with Crippen LogP contribution in [0.25, 0.3) is 11.1 Å². The van der Waals surface area contributed by atoms with Crippen LogP contribution in [0.15, 0.2) is 40.8 Å². The standard InChI is InChI=1S/C20H19ClN2O3S/c21-18-7-6-17(27-18)15(24)5-8-19(25)23-11-9-13(10-12-23)20-22-14-3-1-2-4-16(14)26-20/h1-4,6-7,13H,5,8-12H2. The van der Waals surface area contributed by atoms with Crippen LogP contribution < -0.4 is 0 Å².